The van der Waals surface area contributed by atoms with E-state index in [1.165, 1.54) is 23.9 Å². The maximum absolute atomic E-state index is 12.0. The van der Waals surface area contributed by atoms with E-state index in [1.54, 1.807) is 6.20 Å². The zero-order valence-electron chi connectivity index (χ0n) is 11.8. The van der Waals surface area contributed by atoms with Gasteiger partial charge in [0.1, 0.15) is 4.47 Å². The maximum atomic E-state index is 12.0. The molecule has 0 amide bonds. The summed E-state index contributed by atoms with van der Waals surface area (Å²) in [4.78, 5) is 12.0. The van der Waals surface area contributed by atoms with Crippen LogP contribution in [0.25, 0.3) is 0 Å². The van der Waals surface area contributed by atoms with Gasteiger partial charge in [0.2, 0.25) is 0 Å². The van der Waals surface area contributed by atoms with E-state index in [2.05, 4.69) is 33.3 Å². The quantitative estimate of drug-likeness (QED) is 0.823. The highest BCUT2D eigenvalue weighted by Crippen LogP contribution is 2.26. The van der Waals surface area contributed by atoms with E-state index >= 15 is 0 Å². The highest BCUT2D eigenvalue weighted by atomic mass is 79.9. The fourth-order valence-electron chi connectivity index (χ4n) is 2.67. The van der Waals surface area contributed by atoms with Gasteiger partial charge in [0.05, 0.1) is 25.0 Å². The van der Waals surface area contributed by atoms with E-state index in [4.69, 9.17) is 5.11 Å². The van der Waals surface area contributed by atoms with E-state index in [-0.39, 0.29) is 18.7 Å². The smallest absolute Gasteiger partial charge is 0.283 e. The molecule has 2 atom stereocenters. The van der Waals surface area contributed by atoms with Crippen molar-refractivity contribution in [2.75, 3.05) is 11.9 Å². The Bertz CT molecular complexity index is 504. The van der Waals surface area contributed by atoms with Gasteiger partial charge in [0.15, 0.2) is 0 Å². The van der Waals surface area contributed by atoms with Crippen LogP contribution < -0.4 is 10.9 Å². The lowest BCUT2D eigenvalue weighted by Crippen LogP contribution is -2.27. The van der Waals surface area contributed by atoms with Crippen molar-refractivity contribution >= 4 is 21.6 Å². The molecule has 1 saturated carbocycles. The van der Waals surface area contributed by atoms with Gasteiger partial charge in [0, 0.05) is 6.04 Å². The molecule has 1 aromatic heterocycles. The van der Waals surface area contributed by atoms with Crippen molar-refractivity contribution in [3.05, 3.63) is 21.0 Å². The molecule has 2 unspecified atom stereocenters. The minimum atomic E-state index is -0.203. The molecule has 1 aliphatic carbocycles. The summed E-state index contributed by atoms with van der Waals surface area (Å²) in [6.07, 6.45) is 7.67. The molecule has 112 valence electrons. The summed E-state index contributed by atoms with van der Waals surface area (Å²) in [7, 11) is 0. The summed E-state index contributed by atoms with van der Waals surface area (Å²) < 4.78 is 1.77. The molecule has 2 rings (SSSR count). The molecule has 1 aromatic rings. The second-order valence-electron chi connectivity index (χ2n) is 5.58. The number of hydrogen-bond acceptors (Lipinski definition) is 4. The van der Waals surface area contributed by atoms with E-state index < -0.39 is 0 Å². The first kappa shape index (κ1) is 15.5. The van der Waals surface area contributed by atoms with Crippen LogP contribution in [0.2, 0.25) is 0 Å². The van der Waals surface area contributed by atoms with Gasteiger partial charge in [0.25, 0.3) is 5.56 Å². The molecule has 6 heteroatoms. The number of halogens is 1. The summed E-state index contributed by atoms with van der Waals surface area (Å²) in [5.74, 6) is 0.793. The van der Waals surface area contributed by atoms with Gasteiger partial charge in [-0.2, -0.15) is 5.10 Å². The molecule has 0 saturated heterocycles. The summed E-state index contributed by atoms with van der Waals surface area (Å²) in [5, 5.41) is 16.4. The summed E-state index contributed by atoms with van der Waals surface area (Å²) in [6.45, 7) is 2.43. The van der Waals surface area contributed by atoms with Gasteiger partial charge in [-0.15, -0.1) is 0 Å². The lowest BCUT2D eigenvalue weighted by atomic mass is 10.0. The second-order valence-corrected chi connectivity index (χ2v) is 6.37. The van der Waals surface area contributed by atoms with Crippen molar-refractivity contribution < 1.29 is 5.11 Å². The fraction of sp³-hybridized carbons (Fsp3) is 0.714. The van der Waals surface area contributed by atoms with Crippen molar-refractivity contribution in [1.82, 2.24) is 9.78 Å². The van der Waals surface area contributed by atoms with Gasteiger partial charge in [-0.25, -0.2) is 4.68 Å². The molecule has 0 aromatic carbocycles. The van der Waals surface area contributed by atoms with Crippen molar-refractivity contribution in [2.45, 2.75) is 51.6 Å². The third-order valence-corrected chi connectivity index (χ3v) is 4.68. The number of hydrogen-bond donors (Lipinski definition) is 2. The molecule has 2 N–H and O–H groups in total. The van der Waals surface area contributed by atoms with Gasteiger partial charge in [-0.3, -0.25) is 4.79 Å². The lowest BCUT2D eigenvalue weighted by molar-refractivity contribution is 0.266. The molecule has 0 spiro atoms. The Morgan fingerprint density at radius 1 is 1.45 bits per heavy atom. The maximum Gasteiger partial charge on any atom is 0.283 e. The first-order valence-electron chi connectivity index (χ1n) is 7.25. The van der Waals surface area contributed by atoms with Gasteiger partial charge < -0.3 is 10.4 Å². The minimum absolute atomic E-state index is 0.0906. The molecule has 0 radical (unpaired) electrons. The van der Waals surface area contributed by atoms with Crippen LogP contribution in [-0.4, -0.2) is 27.5 Å². The van der Waals surface area contributed by atoms with Crippen LogP contribution >= 0.6 is 15.9 Å². The van der Waals surface area contributed by atoms with Crippen LogP contribution in [-0.2, 0) is 6.54 Å². The Morgan fingerprint density at radius 3 is 3.00 bits per heavy atom. The van der Waals surface area contributed by atoms with Crippen LogP contribution in [0.3, 0.4) is 0 Å². The number of aromatic nitrogens is 2. The van der Waals surface area contributed by atoms with Crippen LogP contribution in [0.15, 0.2) is 15.5 Å². The molecule has 5 nitrogen and oxygen atoms in total. The molecule has 0 aliphatic heterocycles. The largest absolute Gasteiger partial charge is 0.394 e. The first-order valence-corrected chi connectivity index (χ1v) is 8.04. The molecule has 20 heavy (non-hydrogen) atoms. The lowest BCUT2D eigenvalue weighted by Gasteiger charge is -2.18. The van der Waals surface area contributed by atoms with Gasteiger partial charge in [-0.1, -0.05) is 19.8 Å². The molecule has 1 fully saturated rings. The number of nitrogens with one attached hydrogen (secondary N) is 1. The third-order valence-electron chi connectivity index (χ3n) is 3.91. The Hall–Kier alpha value is -0.880. The molecular weight excluding hydrogens is 322 g/mol. The van der Waals surface area contributed by atoms with Crippen molar-refractivity contribution in [3.63, 3.8) is 0 Å². The number of anilines is 1. The zero-order valence-corrected chi connectivity index (χ0v) is 13.4. The van der Waals surface area contributed by atoms with Crippen molar-refractivity contribution in [1.29, 1.82) is 0 Å². The predicted molar refractivity (Wildman–Crippen MR) is 82.9 cm³/mol. The van der Waals surface area contributed by atoms with E-state index in [0.29, 0.717) is 10.5 Å². The minimum Gasteiger partial charge on any atom is -0.394 e. The Morgan fingerprint density at radius 2 is 2.25 bits per heavy atom. The van der Waals surface area contributed by atoms with Crippen LogP contribution in [0, 0.1) is 5.92 Å². The van der Waals surface area contributed by atoms with Crippen molar-refractivity contribution in [2.24, 2.45) is 5.92 Å². The van der Waals surface area contributed by atoms with E-state index in [0.717, 1.165) is 24.4 Å². The fourth-order valence-corrected chi connectivity index (χ4v) is 3.09. The Kier molecular flexibility index (Phi) is 5.60. The molecule has 1 aliphatic rings. The van der Waals surface area contributed by atoms with E-state index in [1.807, 2.05) is 0 Å². The zero-order chi connectivity index (χ0) is 14.5. The third kappa shape index (κ3) is 3.82. The van der Waals surface area contributed by atoms with Crippen LogP contribution in [0.4, 0.5) is 5.69 Å². The monoisotopic (exact) mass is 343 g/mol. The topological polar surface area (TPSA) is 67.2 Å². The Labute approximate surface area is 127 Å². The van der Waals surface area contributed by atoms with E-state index in [9.17, 15) is 4.79 Å². The average molecular weight is 344 g/mol. The number of aliphatic hydroxyl groups is 1. The molecular formula is C14H22BrN3O2. The highest BCUT2D eigenvalue weighted by molar-refractivity contribution is 9.10. The summed E-state index contributed by atoms with van der Waals surface area (Å²) in [5.41, 5.74) is 0.551. The normalized spacial score (nSPS) is 23.4. The van der Waals surface area contributed by atoms with Crippen LogP contribution in [0.5, 0.6) is 0 Å². The summed E-state index contributed by atoms with van der Waals surface area (Å²) in [6, 6.07) is 0.408. The number of aliphatic hydroxyl groups excluding tert-OH is 1. The molecule has 0 bridgehead atoms. The SMILES string of the molecule is CC1CCCC(Nc2cnn(CCO)c(=O)c2Br)CC1. The van der Waals surface area contributed by atoms with Gasteiger partial charge in [-0.05, 0) is 41.1 Å². The summed E-state index contributed by atoms with van der Waals surface area (Å²) >= 11 is 3.34. The average Bonchev–Trinajstić information content (AvgIpc) is 2.63. The number of nitrogens with zero attached hydrogens (tertiary/aromatic N) is 2. The Balaban J connectivity index is 2.09. The van der Waals surface area contributed by atoms with Gasteiger partial charge >= 0.3 is 0 Å². The highest BCUT2D eigenvalue weighted by Gasteiger charge is 2.18. The van der Waals surface area contributed by atoms with Crippen molar-refractivity contribution in [3.8, 4) is 0 Å². The predicted octanol–water partition coefficient (Wildman–Crippen LogP) is 2.38. The second kappa shape index (κ2) is 7.22. The number of rotatable bonds is 4. The standard InChI is InChI=1S/C14H22BrN3O2/c1-10-3-2-4-11(6-5-10)17-12-9-16-18(7-8-19)14(20)13(12)15/h9-11,17,19H,2-8H2,1H3. The van der Waals surface area contributed by atoms with Crippen LogP contribution in [0.1, 0.15) is 39.0 Å². The molecule has 1 heterocycles. The first-order chi connectivity index (χ1) is 9.61.